The van der Waals surface area contributed by atoms with Crippen LogP contribution in [0.25, 0.3) is 0 Å². The quantitative estimate of drug-likeness (QED) is 0.497. The summed E-state index contributed by atoms with van der Waals surface area (Å²) >= 11 is 0. The lowest BCUT2D eigenvalue weighted by atomic mass is 9.99. The number of hydrogen-bond donors (Lipinski definition) is 0. The van der Waals surface area contributed by atoms with Crippen LogP contribution < -0.4 is 9.47 Å². The van der Waals surface area contributed by atoms with Crippen LogP contribution in [0.5, 0.6) is 11.5 Å². The van der Waals surface area contributed by atoms with E-state index in [0.29, 0.717) is 0 Å². The predicted octanol–water partition coefficient (Wildman–Crippen LogP) is 5.56. The third-order valence-corrected chi connectivity index (χ3v) is 4.02. The molecular weight excluding hydrogens is 260 g/mol. The molecule has 0 aromatic heterocycles. The van der Waals surface area contributed by atoms with Gasteiger partial charge in [-0.2, -0.15) is 0 Å². The molecule has 0 aliphatic heterocycles. The highest BCUT2D eigenvalue weighted by molar-refractivity contribution is 5.48. The highest BCUT2D eigenvalue weighted by Crippen LogP contribution is 2.32. The van der Waals surface area contributed by atoms with Crippen LogP contribution in [-0.4, -0.2) is 14.2 Å². The van der Waals surface area contributed by atoms with E-state index in [-0.39, 0.29) is 0 Å². The summed E-state index contributed by atoms with van der Waals surface area (Å²) in [5, 5.41) is 0. The molecule has 120 valence electrons. The van der Waals surface area contributed by atoms with Gasteiger partial charge in [0.15, 0.2) is 0 Å². The molecule has 0 N–H and O–H groups in total. The first-order valence-corrected chi connectivity index (χ1v) is 8.50. The zero-order chi connectivity index (χ0) is 15.5. The number of unbranched alkanes of at least 4 members (excludes halogenated alkanes) is 5. The second-order valence-electron chi connectivity index (χ2n) is 5.75. The standard InChI is InChI=1S/C19H32O2/c1-5-7-9-11-13-17-18(20-3)14-16(12-10-8-6-2)15-19(17)21-4/h14-15H,5-13H2,1-4H3. The van der Waals surface area contributed by atoms with E-state index in [2.05, 4.69) is 26.0 Å². The van der Waals surface area contributed by atoms with Crippen molar-refractivity contribution in [2.24, 2.45) is 0 Å². The minimum Gasteiger partial charge on any atom is -0.496 e. The molecule has 0 unspecified atom stereocenters. The fourth-order valence-corrected chi connectivity index (χ4v) is 2.74. The summed E-state index contributed by atoms with van der Waals surface area (Å²) in [6.45, 7) is 4.48. The van der Waals surface area contributed by atoms with Crippen LogP contribution in [0, 0.1) is 0 Å². The molecule has 21 heavy (non-hydrogen) atoms. The normalized spacial score (nSPS) is 10.7. The molecule has 0 saturated heterocycles. The Morgan fingerprint density at radius 2 is 1.24 bits per heavy atom. The lowest BCUT2D eigenvalue weighted by Crippen LogP contribution is -2.00. The minimum absolute atomic E-state index is 0.998. The van der Waals surface area contributed by atoms with Gasteiger partial charge in [-0.1, -0.05) is 46.0 Å². The van der Waals surface area contributed by atoms with Gasteiger partial charge in [0.2, 0.25) is 0 Å². The maximum absolute atomic E-state index is 5.61. The molecule has 0 bridgehead atoms. The van der Waals surface area contributed by atoms with Crippen molar-refractivity contribution in [3.05, 3.63) is 23.3 Å². The Hall–Kier alpha value is -1.18. The van der Waals surface area contributed by atoms with Gasteiger partial charge in [0.05, 0.1) is 14.2 Å². The van der Waals surface area contributed by atoms with Crippen LogP contribution in [0.4, 0.5) is 0 Å². The predicted molar refractivity (Wildman–Crippen MR) is 90.6 cm³/mol. The summed E-state index contributed by atoms with van der Waals surface area (Å²) in [5.74, 6) is 2.00. The van der Waals surface area contributed by atoms with Gasteiger partial charge in [-0.25, -0.2) is 0 Å². The molecule has 0 saturated carbocycles. The first-order chi connectivity index (χ1) is 10.3. The minimum atomic E-state index is 0.998. The van der Waals surface area contributed by atoms with E-state index in [1.165, 1.54) is 56.1 Å². The molecule has 1 aromatic rings. The average Bonchev–Trinajstić information content (AvgIpc) is 2.51. The van der Waals surface area contributed by atoms with Gasteiger partial charge in [0, 0.05) is 5.56 Å². The van der Waals surface area contributed by atoms with Crippen molar-refractivity contribution < 1.29 is 9.47 Å². The Labute approximate surface area is 130 Å². The van der Waals surface area contributed by atoms with Crippen molar-refractivity contribution in [2.75, 3.05) is 14.2 Å². The zero-order valence-corrected chi connectivity index (χ0v) is 14.3. The van der Waals surface area contributed by atoms with E-state index in [1.54, 1.807) is 14.2 Å². The van der Waals surface area contributed by atoms with Crippen molar-refractivity contribution in [3.63, 3.8) is 0 Å². The van der Waals surface area contributed by atoms with E-state index in [9.17, 15) is 0 Å². The van der Waals surface area contributed by atoms with Crippen molar-refractivity contribution in [1.82, 2.24) is 0 Å². The zero-order valence-electron chi connectivity index (χ0n) is 14.3. The van der Waals surface area contributed by atoms with Gasteiger partial charge >= 0.3 is 0 Å². The topological polar surface area (TPSA) is 18.5 Å². The Kier molecular flexibility index (Phi) is 8.96. The van der Waals surface area contributed by atoms with E-state index >= 15 is 0 Å². The molecular formula is C19H32O2. The number of methoxy groups -OCH3 is 2. The van der Waals surface area contributed by atoms with Gasteiger partial charge in [0.1, 0.15) is 11.5 Å². The number of benzene rings is 1. The van der Waals surface area contributed by atoms with Gasteiger partial charge < -0.3 is 9.47 Å². The summed E-state index contributed by atoms with van der Waals surface area (Å²) < 4.78 is 11.2. The van der Waals surface area contributed by atoms with E-state index in [1.807, 2.05) is 0 Å². The largest absolute Gasteiger partial charge is 0.496 e. The summed E-state index contributed by atoms with van der Waals surface area (Å²) in [5.41, 5.74) is 2.56. The van der Waals surface area contributed by atoms with Crippen LogP contribution in [0.3, 0.4) is 0 Å². The summed E-state index contributed by atoms with van der Waals surface area (Å²) in [6.07, 6.45) is 11.0. The lowest BCUT2D eigenvalue weighted by Gasteiger charge is -2.15. The van der Waals surface area contributed by atoms with Crippen LogP contribution in [0.15, 0.2) is 12.1 Å². The van der Waals surface area contributed by atoms with Crippen molar-refractivity contribution in [1.29, 1.82) is 0 Å². The molecule has 0 heterocycles. The second kappa shape index (κ2) is 10.5. The first-order valence-electron chi connectivity index (χ1n) is 8.50. The molecule has 0 aliphatic carbocycles. The van der Waals surface area contributed by atoms with E-state index < -0.39 is 0 Å². The third kappa shape index (κ3) is 5.99. The smallest absolute Gasteiger partial charge is 0.126 e. The molecule has 0 spiro atoms. The van der Waals surface area contributed by atoms with Crippen molar-refractivity contribution in [3.8, 4) is 11.5 Å². The van der Waals surface area contributed by atoms with Gasteiger partial charge in [0.25, 0.3) is 0 Å². The molecule has 0 radical (unpaired) electrons. The Bertz CT molecular complexity index is 374. The molecule has 1 aromatic carbocycles. The molecule has 2 heteroatoms. The fourth-order valence-electron chi connectivity index (χ4n) is 2.74. The third-order valence-electron chi connectivity index (χ3n) is 4.02. The number of rotatable bonds is 11. The Morgan fingerprint density at radius 1 is 0.714 bits per heavy atom. The molecule has 0 amide bonds. The van der Waals surface area contributed by atoms with Crippen LogP contribution in [-0.2, 0) is 12.8 Å². The number of aryl methyl sites for hydroxylation is 1. The van der Waals surface area contributed by atoms with Crippen LogP contribution in [0.1, 0.15) is 69.9 Å². The van der Waals surface area contributed by atoms with Crippen LogP contribution >= 0.6 is 0 Å². The monoisotopic (exact) mass is 292 g/mol. The van der Waals surface area contributed by atoms with Crippen molar-refractivity contribution >= 4 is 0 Å². The number of ether oxygens (including phenoxy) is 2. The van der Waals surface area contributed by atoms with E-state index in [0.717, 1.165) is 24.3 Å². The van der Waals surface area contributed by atoms with Gasteiger partial charge in [-0.05, 0) is 43.4 Å². The summed E-state index contributed by atoms with van der Waals surface area (Å²) in [4.78, 5) is 0. The first kappa shape index (κ1) is 17.9. The molecule has 0 fully saturated rings. The molecule has 0 atom stereocenters. The summed E-state index contributed by atoms with van der Waals surface area (Å²) in [7, 11) is 3.53. The van der Waals surface area contributed by atoms with Gasteiger partial charge in [-0.15, -0.1) is 0 Å². The fraction of sp³-hybridized carbons (Fsp3) is 0.684. The second-order valence-corrected chi connectivity index (χ2v) is 5.75. The molecule has 0 aliphatic rings. The van der Waals surface area contributed by atoms with Crippen LogP contribution in [0.2, 0.25) is 0 Å². The lowest BCUT2D eigenvalue weighted by molar-refractivity contribution is 0.383. The van der Waals surface area contributed by atoms with E-state index in [4.69, 9.17) is 9.47 Å². The Balaban J connectivity index is 2.80. The highest BCUT2D eigenvalue weighted by Gasteiger charge is 2.12. The average molecular weight is 292 g/mol. The van der Waals surface area contributed by atoms with Crippen molar-refractivity contribution in [2.45, 2.75) is 71.6 Å². The maximum Gasteiger partial charge on any atom is 0.126 e. The SMILES string of the molecule is CCCCCCc1c(OC)cc(CCCCC)cc1OC. The Morgan fingerprint density at radius 3 is 1.76 bits per heavy atom. The molecule has 1 rings (SSSR count). The van der Waals surface area contributed by atoms with Gasteiger partial charge in [-0.3, -0.25) is 0 Å². The maximum atomic E-state index is 5.61. The summed E-state index contributed by atoms with van der Waals surface area (Å²) in [6, 6.07) is 4.40. The highest BCUT2D eigenvalue weighted by atomic mass is 16.5. The number of hydrogen-bond acceptors (Lipinski definition) is 2. The molecule has 2 nitrogen and oxygen atoms in total.